The summed E-state index contributed by atoms with van der Waals surface area (Å²) >= 11 is 4.39. The van der Waals surface area contributed by atoms with Gasteiger partial charge in [-0.2, -0.15) is 23.4 Å². The summed E-state index contributed by atoms with van der Waals surface area (Å²) in [6, 6.07) is 5.93. The van der Waals surface area contributed by atoms with Crippen molar-refractivity contribution in [3.63, 3.8) is 0 Å². The predicted molar refractivity (Wildman–Crippen MR) is 70.5 cm³/mol. The lowest BCUT2D eigenvalue weighted by Gasteiger charge is -2.35. The maximum Gasteiger partial charge on any atom is 0.416 e. The first-order valence-electron chi connectivity index (χ1n) is 5.84. The number of hydrogen-bond donors (Lipinski definition) is 0. The van der Waals surface area contributed by atoms with Gasteiger partial charge in [-0.1, -0.05) is 6.07 Å². The van der Waals surface area contributed by atoms with Gasteiger partial charge in [0.2, 0.25) is 0 Å². The topological polar surface area (TPSA) is 39.4 Å². The number of nitrogens with zero attached hydrogens (tertiary/aromatic N) is 3. The molecule has 0 aliphatic carbocycles. The minimum Gasteiger partial charge on any atom is -0.296 e. The van der Waals surface area contributed by atoms with Crippen molar-refractivity contribution in [1.29, 1.82) is 5.26 Å². The van der Waals surface area contributed by atoms with Crippen LogP contribution >= 0.6 is 12.2 Å². The normalized spacial score (nSPS) is 16.1. The van der Waals surface area contributed by atoms with Crippen LogP contribution in [0.5, 0.6) is 0 Å². The highest BCUT2D eigenvalue weighted by atomic mass is 32.1. The molecule has 0 radical (unpaired) electrons. The number of likely N-dealkylation sites (tertiary alicyclic amines) is 1. The third-order valence-electron chi connectivity index (χ3n) is 3.11. The number of isothiocyanates is 1. The summed E-state index contributed by atoms with van der Waals surface area (Å²) in [5, 5.41) is 10.7. The maximum atomic E-state index is 13.0. The van der Waals surface area contributed by atoms with Crippen molar-refractivity contribution in [2.45, 2.75) is 12.7 Å². The number of benzene rings is 1. The second kappa shape index (κ2) is 5.71. The molecule has 0 atom stereocenters. The van der Waals surface area contributed by atoms with Gasteiger partial charge < -0.3 is 0 Å². The van der Waals surface area contributed by atoms with E-state index in [2.05, 4.69) is 28.4 Å². The second-order valence-electron chi connectivity index (χ2n) is 4.56. The fourth-order valence-electron chi connectivity index (χ4n) is 2.11. The Morgan fingerprint density at radius 1 is 1.40 bits per heavy atom. The molecule has 1 aliphatic rings. The zero-order valence-electron chi connectivity index (χ0n) is 10.3. The molecule has 1 saturated heterocycles. The van der Waals surface area contributed by atoms with Crippen LogP contribution in [0.4, 0.5) is 18.9 Å². The molecule has 1 heterocycles. The van der Waals surface area contributed by atoms with Crippen LogP contribution in [0.25, 0.3) is 0 Å². The quantitative estimate of drug-likeness (QED) is 0.634. The van der Waals surface area contributed by atoms with Gasteiger partial charge in [0.15, 0.2) is 0 Å². The van der Waals surface area contributed by atoms with Gasteiger partial charge in [0.1, 0.15) is 0 Å². The van der Waals surface area contributed by atoms with Crippen molar-refractivity contribution in [3.8, 4) is 6.07 Å². The van der Waals surface area contributed by atoms with E-state index in [-0.39, 0.29) is 23.7 Å². The van der Waals surface area contributed by atoms with E-state index in [4.69, 9.17) is 5.26 Å². The summed E-state index contributed by atoms with van der Waals surface area (Å²) < 4.78 is 39.1. The number of alkyl halides is 3. The van der Waals surface area contributed by atoms with E-state index in [1.165, 1.54) is 12.1 Å². The lowest BCUT2D eigenvalue weighted by Crippen LogP contribution is -2.45. The average molecular weight is 297 g/mol. The molecule has 0 aromatic heterocycles. The van der Waals surface area contributed by atoms with Crippen LogP contribution in [-0.4, -0.2) is 23.2 Å². The number of aliphatic imine (C=N–C) groups is 1. The highest BCUT2D eigenvalue weighted by Crippen LogP contribution is 2.35. The number of hydrogen-bond acceptors (Lipinski definition) is 4. The van der Waals surface area contributed by atoms with Crippen LogP contribution in [0, 0.1) is 17.2 Å². The molecule has 0 unspecified atom stereocenters. The molecule has 2 rings (SSSR count). The van der Waals surface area contributed by atoms with E-state index in [9.17, 15) is 13.2 Å². The fourth-order valence-corrected chi connectivity index (χ4v) is 2.22. The minimum atomic E-state index is -4.44. The number of rotatable bonds is 3. The first-order valence-corrected chi connectivity index (χ1v) is 6.25. The molecule has 1 aliphatic heterocycles. The Balaban J connectivity index is 2.24. The highest BCUT2D eigenvalue weighted by molar-refractivity contribution is 7.78. The maximum absolute atomic E-state index is 13.0. The van der Waals surface area contributed by atoms with Gasteiger partial charge in [-0.05, 0) is 29.9 Å². The van der Waals surface area contributed by atoms with E-state index in [1.807, 2.05) is 0 Å². The van der Waals surface area contributed by atoms with E-state index < -0.39 is 11.7 Å². The van der Waals surface area contributed by atoms with E-state index in [0.29, 0.717) is 13.1 Å². The molecule has 20 heavy (non-hydrogen) atoms. The molecule has 0 N–H and O–H groups in total. The third-order valence-corrected chi connectivity index (χ3v) is 3.20. The monoisotopic (exact) mass is 297 g/mol. The molecule has 104 valence electrons. The molecule has 0 amide bonds. The smallest absolute Gasteiger partial charge is 0.296 e. The Kier molecular flexibility index (Phi) is 4.19. The second-order valence-corrected chi connectivity index (χ2v) is 4.74. The summed E-state index contributed by atoms with van der Waals surface area (Å²) in [6.07, 6.45) is -4.44. The molecule has 0 saturated carbocycles. The zero-order valence-corrected chi connectivity index (χ0v) is 11.1. The Labute approximate surface area is 119 Å². The van der Waals surface area contributed by atoms with Crippen LogP contribution in [0.3, 0.4) is 0 Å². The molecule has 1 aromatic rings. The van der Waals surface area contributed by atoms with Gasteiger partial charge in [0.25, 0.3) is 0 Å². The van der Waals surface area contributed by atoms with Crippen molar-refractivity contribution in [2.24, 2.45) is 10.9 Å². The van der Waals surface area contributed by atoms with E-state index in [0.717, 1.165) is 6.07 Å². The van der Waals surface area contributed by atoms with Gasteiger partial charge >= 0.3 is 6.18 Å². The molecular weight excluding hydrogens is 287 g/mol. The Morgan fingerprint density at radius 3 is 2.65 bits per heavy atom. The van der Waals surface area contributed by atoms with Crippen LogP contribution in [0.15, 0.2) is 23.2 Å². The summed E-state index contributed by atoms with van der Waals surface area (Å²) in [5.74, 6) is -0.0805. The lowest BCUT2D eigenvalue weighted by molar-refractivity contribution is -0.138. The van der Waals surface area contributed by atoms with Crippen LogP contribution < -0.4 is 0 Å². The lowest BCUT2D eigenvalue weighted by atomic mass is 9.99. The van der Waals surface area contributed by atoms with Crippen molar-refractivity contribution in [2.75, 3.05) is 13.1 Å². The Hall–Kier alpha value is -1.74. The van der Waals surface area contributed by atoms with Gasteiger partial charge in [-0.15, -0.1) is 0 Å². The van der Waals surface area contributed by atoms with Gasteiger partial charge in [0, 0.05) is 19.6 Å². The van der Waals surface area contributed by atoms with Crippen molar-refractivity contribution in [3.05, 3.63) is 29.3 Å². The predicted octanol–water partition coefficient (Wildman–Crippen LogP) is 3.40. The molecule has 1 fully saturated rings. The average Bonchev–Trinajstić information content (AvgIpc) is 2.33. The summed E-state index contributed by atoms with van der Waals surface area (Å²) in [4.78, 5) is 5.37. The summed E-state index contributed by atoms with van der Waals surface area (Å²) in [6.45, 7) is 1.19. The molecule has 0 spiro atoms. The first kappa shape index (κ1) is 14.7. The standard InChI is InChI=1S/C13H10F3N3S/c14-13(15,16)12-3-11(18-8-20)2-1-10(12)7-19-5-9(4-17)6-19/h1-3,9H,5-7H2. The van der Waals surface area contributed by atoms with Crippen molar-refractivity contribution >= 4 is 23.1 Å². The van der Waals surface area contributed by atoms with Crippen LogP contribution in [0.2, 0.25) is 0 Å². The minimum absolute atomic E-state index is 0.0805. The fraction of sp³-hybridized carbons (Fsp3) is 0.385. The van der Waals surface area contributed by atoms with Crippen molar-refractivity contribution in [1.82, 2.24) is 4.90 Å². The molecule has 3 nitrogen and oxygen atoms in total. The van der Waals surface area contributed by atoms with Crippen LogP contribution in [0.1, 0.15) is 11.1 Å². The van der Waals surface area contributed by atoms with Gasteiger partial charge in [-0.25, -0.2) is 0 Å². The first-order chi connectivity index (χ1) is 9.44. The molecule has 0 bridgehead atoms. The third kappa shape index (κ3) is 3.23. The van der Waals surface area contributed by atoms with Gasteiger partial charge in [-0.3, -0.25) is 4.90 Å². The summed E-state index contributed by atoms with van der Waals surface area (Å²) in [7, 11) is 0. The van der Waals surface area contributed by atoms with Crippen molar-refractivity contribution < 1.29 is 13.2 Å². The highest BCUT2D eigenvalue weighted by Gasteiger charge is 2.35. The van der Waals surface area contributed by atoms with E-state index >= 15 is 0 Å². The van der Waals surface area contributed by atoms with Gasteiger partial charge in [0.05, 0.1) is 28.4 Å². The van der Waals surface area contributed by atoms with E-state index in [1.54, 1.807) is 4.90 Å². The van der Waals surface area contributed by atoms with Crippen LogP contribution in [-0.2, 0) is 12.7 Å². The molecular formula is C13H10F3N3S. The Morgan fingerprint density at radius 2 is 2.10 bits per heavy atom. The largest absolute Gasteiger partial charge is 0.416 e. The molecule has 7 heteroatoms. The number of nitriles is 1. The number of halogens is 3. The SMILES string of the molecule is N#CC1CN(Cc2ccc(N=C=S)cc2C(F)(F)F)C1. The summed E-state index contributed by atoms with van der Waals surface area (Å²) in [5.41, 5.74) is -0.406. The Bertz CT molecular complexity index is 594. The number of thiocarbonyl (C=S) groups is 1. The zero-order chi connectivity index (χ0) is 14.8. The molecule has 1 aromatic carbocycles.